The van der Waals surface area contributed by atoms with Crippen molar-refractivity contribution in [1.29, 1.82) is 0 Å². The monoisotopic (exact) mass is 263 g/mol. The van der Waals surface area contributed by atoms with Crippen molar-refractivity contribution in [3.63, 3.8) is 0 Å². The van der Waals surface area contributed by atoms with Gasteiger partial charge in [0.05, 0.1) is 0 Å². The van der Waals surface area contributed by atoms with Crippen LogP contribution in [0.3, 0.4) is 0 Å². The van der Waals surface area contributed by atoms with Gasteiger partial charge in [-0.2, -0.15) is 0 Å². The van der Waals surface area contributed by atoms with Crippen molar-refractivity contribution in [3.8, 4) is 0 Å². The number of amides is 1. The molecule has 0 saturated carbocycles. The Bertz CT molecular complexity index is 430. The van der Waals surface area contributed by atoms with E-state index in [0.29, 0.717) is 24.9 Å². The Morgan fingerprint density at radius 3 is 2.32 bits per heavy atom. The Hall–Kier alpha value is -1.84. The van der Waals surface area contributed by atoms with Crippen LogP contribution < -0.4 is 0 Å². The molecule has 1 aromatic rings. The lowest BCUT2D eigenvalue weighted by atomic mass is 9.81. The second kappa shape index (κ2) is 6.36. The largest absolute Gasteiger partial charge is 0.479 e. The van der Waals surface area contributed by atoms with E-state index in [2.05, 4.69) is 0 Å². The lowest BCUT2D eigenvalue weighted by Gasteiger charge is -2.39. The van der Waals surface area contributed by atoms with Gasteiger partial charge in [0.1, 0.15) is 0 Å². The van der Waals surface area contributed by atoms with E-state index in [1.807, 2.05) is 19.9 Å². The first kappa shape index (κ1) is 15.2. The summed E-state index contributed by atoms with van der Waals surface area (Å²) in [5.74, 6) is -0.827. The zero-order valence-electron chi connectivity index (χ0n) is 11.7. The van der Waals surface area contributed by atoms with Crippen molar-refractivity contribution in [3.05, 3.63) is 35.9 Å². The summed E-state index contributed by atoms with van der Waals surface area (Å²) in [6, 6.07) is 8.96. The maximum absolute atomic E-state index is 11.9. The van der Waals surface area contributed by atoms with Gasteiger partial charge in [-0.15, -0.1) is 0 Å². The predicted octanol–water partition coefficient (Wildman–Crippen LogP) is 2.49. The Balaban J connectivity index is 3.43. The average Bonchev–Trinajstić information content (AvgIpc) is 2.39. The van der Waals surface area contributed by atoms with Crippen molar-refractivity contribution in [2.45, 2.75) is 32.7 Å². The lowest BCUT2D eigenvalue weighted by molar-refractivity contribution is -0.157. The maximum Gasteiger partial charge on any atom is 0.334 e. The summed E-state index contributed by atoms with van der Waals surface area (Å²) < 4.78 is 0. The van der Waals surface area contributed by atoms with E-state index in [1.54, 1.807) is 31.2 Å². The third kappa shape index (κ3) is 2.95. The molecule has 0 aliphatic carbocycles. The molecule has 0 aliphatic rings. The average molecular weight is 263 g/mol. The molecular weight excluding hydrogens is 242 g/mol. The normalized spacial score (nSPS) is 13.9. The molecule has 0 heterocycles. The first-order chi connectivity index (χ1) is 8.98. The molecule has 4 nitrogen and oxygen atoms in total. The van der Waals surface area contributed by atoms with E-state index < -0.39 is 11.5 Å². The van der Waals surface area contributed by atoms with Gasteiger partial charge < -0.3 is 10.0 Å². The van der Waals surface area contributed by atoms with E-state index in [-0.39, 0.29) is 5.92 Å². The minimum atomic E-state index is -1.29. The van der Waals surface area contributed by atoms with E-state index in [1.165, 1.54) is 4.90 Å². The molecule has 19 heavy (non-hydrogen) atoms. The third-order valence-corrected chi connectivity index (χ3v) is 3.27. The van der Waals surface area contributed by atoms with Gasteiger partial charge in [-0.1, -0.05) is 44.2 Å². The summed E-state index contributed by atoms with van der Waals surface area (Å²) in [5, 5.41) is 9.76. The van der Waals surface area contributed by atoms with Crippen LogP contribution in [0.15, 0.2) is 30.3 Å². The van der Waals surface area contributed by atoms with Crippen LogP contribution in [-0.4, -0.2) is 28.9 Å². The Morgan fingerprint density at radius 1 is 1.37 bits per heavy atom. The van der Waals surface area contributed by atoms with E-state index in [9.17, 15) is 14.7 Å². The van der Waals surface area contributed by atoms with Crippen LogP contribution in [0.25, 0.3) is 0 Å². The van der Waals surface area contributed by atoms with E-state index in [4.69, 9.17) is 0 Å². The molecule has 4 heteroatoms. The van der Waals surface area contributed by atoms with Gasteiger partial charge in [0, 0.05) is 6.54 Å². The fourth-order valence-corrected chi connectivity index (χ4v) is 2.47. The van der Waals surface area contributed by atoms with Crippen LogP contribution in [0.5, 0.6) is 0 Å². The maximum atomic E-state index is 11.9. The molecule has 0 saturated heterocycles. The van der Waals surface area contributed by atoms with Gasteiger partial charge in [-0.3, -0.25) is 4.79 Å². The number of carbonyl (C=O) groups excluding carboxylic acids is 1. The van der Waals surface area contributed by atoms with Crippen molar-refractivity contribution >= 4 is 12.4 Å². The molecule has 0 fully saturated rings. The molecule has 0 bridgehead atoms. The zero-order chi connectivity index (χ0) is 14.5. The number of nitrogens with zero attached hydrogens (tertiary/aromatic N) is 1. The second-order valence-corrected chi connectivity index (χ2v) is 5.02. The number of carboxylic acids is 1. The first-order valence-corrected chi connectivity index (χ1v) is 6.50. The number of aliphatic carboxylic acids is 1. The van der Waals surface area contributed by atoms with Crippen LogP contribution in [0.2, 0.25) is 0 Å². The molecule has 1 rings (SSSR count). The smallest absolute Gasteiger partial charge is 0.334 e. The molecule has 1 unspecified atom stereocenters. The third-order valence-electron chi connectivity index (χ3n) is 3.27. The van der Waals surface area contributed by atoms with Crippen LogP contribution in [0.1, 0.15) is 32.8 Å². The minimum absolute atomic E-state index is 0.158. The summed E-state index contributed by atoms with van der Waals surface area (Å²) in [4.78, 5) is 24.6. The topological polar surface area (TPSA) is 57.6 Å². The summed E-state index contributed by atoms with van der Waals surface area (Å²) >= 11 is 0. The van der Waals surface area contributed by atoms with Gasteiger partial charge in [-0.05, 0) is 24.8 Å². The zero-order valence-corrected chi connectivity index (χ0v) is 11.7. The van der Waals surface area contributed by atoms with Gasteiger partial charge in [0.15, 0.2) is 5.54 Å². The molecule has 0 aromatic heterocycles. The van der Waals surface area contributed by atoms with E-state index >= 15 is 0 Å². The van der Waals surface area contributed by atoms with Crippen molar-refractivity contribution in [2.75, 3.05) is 6.54 Å². The molecule has 1 atom stereocenters. The Labute approximate surface area is 114 Å². The van der Waals surface area contributed by atoms with Crippen molar-refractivity contribution in [2.24, 2.45) is 5.92 Å². The highest BCUT2D eigenvalue weighted by Crippen LogP contribution is 2.34. The van der Waals surface area contributed by atoms with Gasteiger partial charge in [0.25, 0.3) is 0 Å². The van der Waals surface area contributed by atoms with Gasteiger partial charge in [-0.25, -0.2) is 4.79 Å². The lowest BCUT2D eigenvalue weighted by Crippen LogP contribution is -2.52. The summed E-state index contributed by atoms with van der Waals surface area (Å²) in [5.41, 5.74) is -0.642. The van der Waals surface area contributed by atoms with Crippen LogP contribution in [0.4, 0.5) is 0 Å². The highest BCUT2D eigenvalue weighted by molar-refractivity contribution is 5.83. The molecule has 1 aromatic carbocycles. The standard InChI is InChI=1S/C15H21NO3/c1-4-16(11-17)15(14(18)19,10-12(2)3)13-8-6-5-7-9-13/h5-9,11-12H,4,10H2,1-3H3,(H,18,19). The molecule has 0 aliphatic heterocycles. The number of likely N-dealkylation sites (N-methyl/N-ethyl adjacent to an activating group) is 1. The van der Waals surface area contributed by atoms with Crippen LogP contribution >= 0.6 is 0 Å². The molecule has 0 spiro atoms. The van der Waals surface area contributed by atoms with E-state index in [0.717, 1.165) is 0 Å². The number of hydrogen-bond donors (Lipinski definition) is 1. The number of rotatable bonds is 7. The summed E-state index contributed by atoms with van der Waals surface area (Å²) in [6.07, 6.45) is 1.02. The molecule has 1 N–H and O–H groups in total. The van der Waals surface area contributed by atoms with Crippen molar-refractivity contribution in [1.82, 2.24) is 4.90 Å². The van der Waals surface area contributed by atoms with Crippen molar-refractivity contribution < 1.29 is 14.7 Å². The minimum Gasteiger partial charge on any atom is -0.479 e. The van der Waals surface area contributed by atoms with Gasteiger partial charge in [0.2, 0.25) is 6.41 Å². The summed E-state index contributed by atoms with van der Waals surface area (Å²) in [7, 11) is 0. The molecule has 104 valence electrons. The highest BCUT2D eigenvalue weighted by atomic mass is 16.4. The second-order valence-electron chi connectivity index (χ2n) is 5.02. The summed E-state index contributed by atoms with van der Waals surface area (Å²) in [6.45, 7) is 6.06. The first-order valence-electron chi connectivity index (χ1n) is 6.50. The van der Waals surface area contributed by atoms with Gasteiger partial charge >= 0.3 is 5.97 Å². The Morgan fingerprint density at radius 2 is 1.95 bits per heavy atom. The SMILES string of the molecule is CCN(C=O)C(CC(C)C)(C(=O)O)c1ccccc1. The number of benzene rings is 1. The highest BCUT2D eigenvalue weighted by Gasteiger charge is 2.45. The number of carboxylic acid groups (broad SMARTS) is 1. The fourth-order valence-electron chi connectivity index (χ4n) is 2.47. The Kier molecular flexibility index (Phi) is 5.10. The van der Waals surface area contributed by atoms with Crippen LogP contribution in [0, 0.1) is 5.92 Å². The molecular formula is C15H21NO3. The number of carbonyl (C=O) groups is 2. The predicted molar refractivity (Wildman–Crippen MR) is 73.7 cm³/mol. The molecule has 0 radical (unpaired) electrons. The van der Waals surface area contributed by atoms with Crippen LogP contribution in [-0.2, 0) is 15.1 Å². The fraction of sp³-hybridized carbons (Fsp3) is 0.467. The number of hydrogen-bond acceptors (Lipinski definition) is 2. The quantitative estimate of drug-likeness (QED) is 0.769. The molecule has 1 amide bonds.